The third-order valence-corrected chi connectivity index (χ3v) is 11.7. The molecule has 0 radical (unpaired) electrons. The Hall–Kier alpha value is -7.94. The van der Waals surface area contributed by atoms with Crippen molar-refractivity contribution in [2.45, 2.75) is 0 Å². The molecule has 2 nitrogen and oxygen atoms in total. The summed E-state index contributed by atoms with van der Waals surface area (Å²) in [5, 5.41) is 4.58. The first-order valence-electron chi connectivity index (χ1n) is 20.5. The van der Waals surface area contributed by atoms with Crippen LogP contribution in [0.5, 0.6) is 0 Å². The molecule has 0 bridgehead atoms. The topological polar surface area (TPSA) is 16.4 Å². The third-order valence-electron chi connectivity index (χ3n) is 11.7. The van der Waals surface area contributed by atoms with E-state index in [4.69, 9.17) is 4.42 Å². The van der Waals surface area contributed by atoms with Gasteiger partial charge in [0.15, 0.2) is 0 Å². The molecule has 282 valence electrons. The minimum atomic E-state index is 0.895. The minimum Gasteiger partial charge on any atom is -0.455 e. The first-order chi connectivity index (χ1) is 29.7. The number of benzene rings is 10. The highest BCUT2D eigenvalue weighted by atomic mass is 16.3. The summed E-state index contributed by atoms with van der Waals surface area (Å²) in [6.07, 6.45) is 0. The number of para-hydroxylation sites is 1. The number of anilines is 3. The van der Waals surface area contributed by atoms with Crippen LogP contribution in [0.2, 0.25) is 0 Å². The first-order valence-corrected chi connectivity index (χ1v) is 20.5. The Morgan fingerprint density at radius 1 is 0.283 bits per heavy atom. The summed E-state index contributed by atoms with van der Waals surface area (Å²) < 4.78 is 6.55. The van der Waals surface area contributed by atoms with Crippen molar-refractivity contribution in [2.75, 3.05) is 4.90 Å². The summed E-state index contributed by atoms with van der Waals surface area (Å²) in [6.45, 7) is 0. The van der Waals surface area contributed by atoms with E-state index < -0.39 is 0 Å². The van der Waals surface area contributed by atoms with Crippen LogP contribution < -0.4 is 4.90 Å². The second-order valence-electron chi connectivity index (χ2n) is 15.3. The van der Waals surface area contributed by atoms with E-state index >= 15 is 0 Å². The number of furan rings is 1. The fraction of sp³-hybridized carbons (Fsp3) is 0. The zero-order valence-corrected chi connectivity index (χ0v) is 32.9. The van der Waals surface area contributed by atoms with Gasteiger partial charge in [-0.05, 0) is 97.9 Å². The minimum absolute atomic E-state index is 0.895. The molecular weight excluding hydrogens is 727 g/mol. The summed E-state index contributed by atoms with van der Waals surface area (Å²) in [7, 11) is 0. The molecule has 1 heterocycles. The van der Waals surface area contributed by atoms with Gasteiger partial charge in [0.2, 0.25) is 0 Å². The van der Waals surface area contributed by atoms with E-state index in [0.717, 1.165) is 66.6 Å². The lowest BCUT2D eigenvalue weighted by Gasteiger charge is -2.28. The molecule has 0 spiro atoms. The monoisotopic (exact) mass is 765 g/mol. The fourth-order valence-electron chi connectivity index (χ4n) is 8.69. The molecule has 0 saturated carbocycles. The maximum absolute atomic E-state index is 6.55. The second-order valence-corrected chi connectivity index (χ2v) is 15.3. The van der Waals surface area contributed by atoms with Crippen molar-refractivity contribution in [3.63, 3.8) is 0 Å². The standard InChI is InChI=1S/C58H39NO/c1-3-12-40(13-4-1)42-22-24-44(25-23-42)45-30-35-49(36-31-45)59(55-20-10-9-17-51(55)47-28-26-43(27-29-47)41-14-5-2-6-15-41)50-37-32-48(33-38-50)52-19-11-21-56-57(52)54-39-34-46-16-7-8-18-53(46)58(54)60-56/h1-39H. The van der Waals surface area contributed by atoms with Gasteiger partial charge in [-0.15, -0.1) is 0 Å². The molecule has 0 saturated heterocycles. The molecule has 0 aliphatic heterocycles. The smallest absolute Gasteiger partial charge is 0.143 e. The molecule has 0 amide bonds. The Morgan fingerprint density at radius 2 is 0.733 bits per heavy atom. The van der Waals surface area contributed by atoms with Gasteiger partial charge in [0.25, 0.3) is 0 Å². The lowest BCUT2D eigenvalue weighted by Crippen LogP contribution is -2.11. The Bertz CT molecular complexity index is 3260. The lowest BCUT2D eigenvalue weighted by atomic mass is 9.97. The van der Waals surface area contributed by atoms with Gasteiger partial charge < -0.3 is 9.32 Å². The number of fused-ring (bicyclic) bond motifs is 5. The van der Waals surface area contributed by atoms with E-state index in [2.05, 4.69) is 241 Å². The van der Waals surface area contributed by atoms with Crippen molar-refractivity contribution in [1.82, 2.24) is 0 Å². The average molecular weight is 766 g/mol. The SMILES string of the molecule is c1ccc(-c2ccc(-c3ccc(N(c4ccc(-c5cccc6oc7c8ccccc8ccc7c56)cc4)c4ccccc4-c4ccc(-c5ccccc5)cc4)cc3)cc2)cc1. The quantitative estimate of drug-likeness (QED) is 0.153. The molecule has 0 fully saturated rings. The molecule has 11 rings (SSSR count). The molecule has 0 aliphatic rings. The van der Waals surface area contributed by atoms with Crippen LogP contribution in [-0.2, 0) is 0 Å². The van der Waals surface area contributed by atoms with Crippen molar-refractivity contribution in [3.05, 3.63) is 237 Å². The van der Waals surface area contributed by atoms with Gasteiger partial charge in [-0.3, -0.25) is 0 Å². The zero-order valence-electron chi connectivity index (χ0n) is 32.9. The summed E-state index contributed by atoms with van der Waals surface area (Å²) in [6, 6.07) is 84.8. The molecule has 2 heteroatoms. The van der Waals surface area contributed by atoms with E-state index in [9.17, 15) is 0 Å². The maximum Gasteiger partial charge on any atom is 0.143 e. The highest BCUT2D eigenvalue weighted by molar-refractivity contribution is 6.19. The summed E-state index contributed by atoms with van der Waals surface area (Å²) >= 11 is 0. The van der Waals surface area contributed by atoms with E-state index in [0.29, 0.717) is 0 Å². The molecule has 11 aromatic rings. The highest BCUT2D eigenvalue weighted by Gasteiger charge is 2.19. The largest absolute Gasteiger partial charge is 0.455 e. The van der Waals surface area contributed by atoms with Crippen LogP contribution in [0.3, 0.4) is 0 Å². The summed E-state index contributed by atoms with van der Waals surface area (Å²) in [5.74, 6) is 0. The van der Waals surface area contributed by atoms with Gasteiger partial charge in [-0.1, -0.05) is 194 Å². The Labute approximate surface area is 349 Å². The van der Waals surface area contributed by atoms with Gasteiger partial charge in [0.1, 0.15) is 11.2 Å². The van der Waals surface area contributed by atoms with Crippen LogP contribution in [0.25, 0.3) is 88.3 Å². The molecular formula is C58H39NO. The van der Waals surface area contributed by atoms with Crippen molar-refractivity contribution >= 4 is 49.8 Å². The number of hydrogen-bond donors (Lipinski definition) is 0. The fourth-order valence-corrected chi connectivity index (χ4v) is 8.69. The van der Waals surface area contributed by atoms with Crippen LogP contribution >= 0.6 is 0 Å². The molecule has 60 heavy (non-hydrogen) atoms. The van der Waals surface area contributed by atoms with E-state index in [1.165, 1.54) is 38.8 Å². The van der Waals surface area contributed by atoms with Gasteiger partial charge in [-0.2, -0.15) is 0 Å². The van der Waals surface area contributed by atoms with Crippen LogP contribution in [0.1, 0.15) is 0 Å². The van der Waals surface area contributed by atoms with Gasteiger partial charge >= 0.3 is 0 Å². The van der Waals surface area contributed by atoms with Crippen LogP contribution in [0, 0.1) is 0 Å². The normalized spacial score (nSPS) is 11.3. The third kappa shape index (κ3) is 6.41. The summed E-state index contributed by atoms with van der Waals surface area (Å²) in [4.78, 5) is 2.38. The molecule has 1 aromatic heterocycles. The van der Waals surface area contributed by atoms with Crippen LogP contribution in [0.15, 0.2) is 241 Å². The molecule has 0 N–H and O–H groups in total. The van der Waals surface area contributed by atoms with Crippen LogP contribution in [-0.4, -0.2) is 0 Å². The Kier molecular flexibility index (Phi) is 8.87. The Balaban J connectivity index is 0.999. The van der Waals surface area contributed by atoms with E-state index in [-0.39, 0.29) is 0 Å². The molecule has 0 atom stereocenters. The molecule has 0 unspecified atom stereocenters. The van der Waals surface area contributed by atoms with Gasteiger partial charge in [0.05, 0.1) is 5.69 Å². The van der Waals surface area contributed by atoms with E-state index in [1.807, 2.05) is 0 Å². The molecule has 10 aromatic carbocycles. The number of nitrogens with zero attached hydrogens (tertiary/aromatic N) is 1. The average Bonchev–Trinajstić information content (AvgIpc) is 3.73. The van der Waals surface area contributed by atoms with E-state index in [1.54, 1.807) is 0 Å². The zero-order chi connectivity index (χ0) is 39.8. The van der Waals surface area contributed by atoms with Crippen LogP contribution in [0.4, 0.5) is 17.1 Å². The highest BCUT2D eigenvalue weighted by Crippen LogP contribution is 2.44. The van der Waals surface area contributed by atoms with Crippen molar-refractivity contribution in [3.8, 4) is 55.6 Å². The maximum atomic E-state index is 6.55. The van der Waals surface area contributed by atoms with Crippen molar-refractivity contribution in [1.29, 1.82) is 0 Å². The van der Waals surface area contributed by atoms with Gasteiger partial charge in [0, 0.05) is 33.1 Å². The number of hydrogen-bond acceptors (Lipinski definition) is 2. The lowest BCUT2D eigenvalue weighted by molar-refractivity contribution is 0.673. The van der Waals surface area contributed by atoms with Gasteiger partial charge in [-0.25, -0.2) is 0 Å². The second kappa shape index (κ2) is 15.1. The first kappa shape index (κ1) is 35.2. The summed E-state index contributed by atoms with van der Waals surface area (Å²) in [5.41, 5.74) is 16.9. The Morgan fingerprint density at radius 3 is 1.35 bits per heavy atom. The van der Waals surface area contributed by atoms with Crippen molar-refractivity contribution < 1.29 is 4.42 Å². The molecule has 0 aliphatic carbocycles. The van der Waals surface area contributed by atoms with Crippen molar-refractivity contribution in [2.24, 2.45) is 0 Å². The predicted octanol–water partition coefficient (Wildman–Crippen LogP) is 16.5. The predicted molar refractivity (Wildman–Crippen MR) is 253 cm³/mol. The number of rotatable bonds is 8.